The fourth-order valence-electron chi connectivity index (χ4n) is 3.06. The van der Waals surface area contributed by atoms with Gasteiger partial charge >= 0.3 is 0 Å². The topological polar surface area (TPSA) is 40.6 Å². The van der Waals surface area contributed by atoms with Crippen molar-refractivity contribution >= 4 is 23.4 Å². The molecule has 126 valence electrons. The third kappa shape index (κ3) is 4.71. The number of hydrogen-bond acceptors (Lipinski definition) is 2. The van der Waals surface area contributed by atoms with Crippen molar-refractivity contribution in [3.8, 4) is 0 Å². The number of carbonyl (C=O) groups excluding carboxylic acids is 2. The summed E-state index contributed by atoms with van der Waals surface area (Å²) in [4.78, 5) is 28.5. The zero-order chi connectivity index (χ0) is 16.8. The fraction of sp³-hybridized carbons (Fsp3) is 0.556. The highest BCUT2D eigenvalue weighted by molar-refractivity contribution is 6.30. The van der Waals surface area contributed by atoms with Gasteiger partial charge in [0.25, 0.3) is 0 Å². The molecule has 1 aromatic carbocycles. The monoisotopic (exact) mass is 336 g/mol. The summed E-state index contributed by atoms with van der Waals surface area (Å²) in [6.07, 6.45) is 1.93. The molecule has 1 fully saturated rings. The zero-order valence-corrected chi connectivity index (χ0v) is 14.7. The number of carbonyl (C=O) groups is 2. The molecule has 0 aromatic heterocycles. The van der Waals surface area contributed by atoms with Crippen LogP contribution in [0.2, 0.25) is 5.02 Å². The molecular formula is C18H25ClN2O2. The van der Waals surface area contributed by atoms with Crippen LogP contribution in [0.3, 0.4) is 0 Å². The third-order valence-corrected chi connectivity index (χ3v) is 4.79. The number of piperidine rings is 1. The largest absolute Gasteiger partial charge is 0.343 e. The van der Waals surface area contributed by atoms with Gasteiger partial charge in [0.15, 0.2) is 0 Å². The molecular weight excluding hydrogens is 312 g/mol. The minimum absolute atomic E-state index is 0.0643. The highest BCUT2D eigenvalue weighted by Gasteiger charge is 2.29. The van der Waals surface area contributed by atoms with Crippen LogP contribution in [-0.4, -0.2) is 47.8 Å². The lowest BCUT2D eigenvalue weighted by Crippen LogP contribution is -2.44. The first-order valence-corrected chi connectivity index (χ1v) is 8.74. The Kier molecular flexibility index (Phi) is 6.46. The summed E-state index contributed by atoms with van der Waals surface area (Å²) in [5.41, 5.74) is 0.973. The van der Waals surface area contributed by atoms with Crippen LogP contribution in [0.15, 0.2) is 24.3 Å². The van der Waals surface area contributed by atoms with Crippen molar-refractivity contribution in [1.29, 1.82) is 0 Å². The average Bonchev–Trinajstić information content (AvgIpc) is 2.58. The minimum Gasteiger partial charge on any atom is -0.343 e. The van der Waals surface area contributed by atoms with Crippen molar-refractivity contribution in [2.24, 2.45) is 5.92 Å². The van der Waals surface area contributed by atoms with Gasteiger partial charge in [-0.25, -0.2) is 0 Å². The molecule has 0 radical (unpaired) electrons. The quantitative estimate of drug-likeness (QED) is 0.829. The number of amides is 2. The molecule has 5 heteroatoms. The fourth-order valence-corrected chi connectivity index (χ4v) is 3.18. The summed E-state index contributed by atoms with van der Waals surface area (Å²) >= 11 is 5.86. The molecule has 0 N–H and O–H groups in total. The smallest absolute Gasteiger partial charge is 0.226 e. The Bertz CT molecular complexity index is 532. The molecule has 1 aliphatic rings. The summed E-state index contributed by atoms with van der Waals surface area (Å²) in [5, 5.41) is 0.678. The lowest BCUT2D eigenvalue weighted by atomic mass is 9.94. The second-order valence-corrected chi connectivity index (χ2v) is 6.41. The van der Waals surface area contributed by atoms with Gasteiger partial charge in [0.2, 0.25) is 11.8 Å². The summed E-state index contributed by atoms with van der Waals surface area (Å²) in [6.45, 7) is 6.86. The molecule has 0 saturated carbocycles. The first-order valence-electron chi connectivity index (χ1n) is 8.36. The van der Waals surface area contributed by atoms with Crippen molar-refractivity contribution in [2.75, 3.05) is 26.2 Å². The SMILES string of the molecule is CCN(CC)C(=O)C1CCN(C(=O)Cc2ccc(Cl)cc2)CC1. The van der Waals surface area contributed by atoms with Gasteiger partial charge < -0.3 is 9.80 Å². The number of hydrogen-bond donors (Lipinski definition) is 0. The molecule has 1 saturated heterocycles. The molecule has 0 aliphatic carbocycles. The molecule has 2 rings (SSSR count). The van der Waals surface area contributed by atoms with Gasteiger partial charge in [0, 0.05) is 37.1 Å². The Labute approximate surface area is 143 Å². The van der Waals surface area contributed by atoms with E-state index in [1.54, 1.807) is 12.1 Å². The van der Waals surface area contributed by atoms with Crippen LogP contribution in [-0.2, 0) is 16.0 Å². The van der Waals surface area contributed by atoms with Gasteiger partial charge in [-0.2, -0.15) is 0 Å². The zero-order valence-electron chi connectivity index (χ0n) is 13.9. The van der Waals surface area contributed by atoms with E-state index in [4.69, 9.17) is 11.6 Å². The van der Waals surface area contributed by atoms with Crippen molar-refractivity contribution < 1.29 is 9.59 Å². The first kappa shape index (κ1) is 17.8. The van der Waals surface area contributed by atoms with E-state index in [1.165, 1.54) is 0 Å². The van der Waals surface area contributed by atoms with Crippen molar-refractivity contribution in [1.82, 2.24) is 9.80 Å². The first-order chi connectivity index (χ1) is 11.0. The Morgan fingerprint density at radius 3 is 2.22 bits per heavy atom. The van der Waals surface area contributed by atoms with Crippen molar-refractivity contribution in [3.63, 3.8) is 0 Å². The molecule has 2 amide bonds. The average molecular weight is 337 g/mol. The Balaban J connectivity index is 1.85. The van der Waals surface area contributed by atoms with Crippen LogP contribution >= 0.6 is 11.6 Å². The Hall–Kier alpha value is -1.55. The maximum absolute atomic E-state index is 12.4. The predicted molar refractivity (Wildman–Crippen MR) is 92.4 cm³/mol. The van der Waals surface area contributed by atoms with Gasteiger partial charge in [-0.15, -0.1) is 0 Å². The number of likely N-dealkylation sites (tertiary alicyclic amines) is 1. The molecule has 4 nitrogen and oxygen atoms in total. The Morgan fingerprint density at radius 2 is 1.70 bits per heavy atom. The predicted octanol–water partition coefficient (Wildman–Crippen LogP) is 2.99. The van der Waals surface area contributed by atoms with E-state index in [0.29, 0.717) is 24.5 Å². The maximum atomic E-state index is 12.4. The van der Waals surface area contributed by atoms with Gasteiger partial charge in [-0.05, 0) is 44.4 Å². The normalized spacial score (nSPS) is 15.5. The van der Waals surface area contributed by atoms with Crippen LogP contribution in [0, 0.1) is 5.92 Å². The number of rotatable bonds is 5. The number of halogens is 1. The van der Waals surface area contributed by atoms with Crippen molar-refractivity contribution in [2.45, 2.75) is 33.1 Å². The highest BCUT2D eigenvalue weighted by Crippen LogP contribution is 2.20. The molecule has 0 atom stereocenters. The van der Waals surface area contributed by atoms with E-state index < -0.39 is 0 Å². The van der Waals surface area contributed by atoms with E-state index in [2.05, 4.69) is 0 Å². The molecule has 1 aromatic rings. The number of benzene rings is 1. The maximum Gasteiger partial charge on any atom is 0.226 e. The van der Waals surface area contributed by atoms with Gasteiger partial charge in [-0.1, -0.05) is 23.7 Å². The summed E-state index contributed by atoms with van der Waals surface area (Å²) in [7, 11) is 0. The lowest BCUT2D eigenvalue weighted by molar-refractivity contribution is -0.140. The molecule has 1 aliphatic heterocycles. The van der Waals surface area contributed by atoms with Gasteiger partial charge in [-0.3, -0.25) is 9.59 Å². The molecule has 0 spiro atoms. The summed E-state index contributed by atoms with van der Waals surface area (Å²) < 4.78 is 0. The van der Waals surface area contributed by atoms with Crippen LogP contribution in [0.4, 0.5) is 0 Å². The van der Waals surface area contributed by atoms with Crippen LogP contribution in [0.25, 0.3) is 0 Å². The molecule has 23 heavy (non-hydrogen) atoms. The summed E-state index contributed by atoms with van der Waals surface area (Å²) in [6, 6.07) is 7.38. The second-order valence-electron chi connectivity index (χ2n) is 5.97. The molecule has 0 bridgehead atoms. The van der Waals surface area contributed by atoms with Crippen LogP contribution in [0.5, 0.6) is 0 Å². The minimum atomic E-state index is 0.0643. The lowest BCUT2D eigenvalue weighted by Gasteiger charge is -2.33. The highest BCUT2D eigenvalue weighted by atomic mass is 35.5. The van der Waals surface area contributed by atoms with Crippen LogP contribution < -0.4 is 0 Å². The van der Waals surface area contributed by atoms with E-state index >= 15 is 0 Å². The second kappa shape index (κ2) is 8.34. The van der Waals surface area contributed by atoms with Gasteiger partial charge in [0.1, 0.15) is 0 Å². The van der Waals surface area contributed by atoms with E-state index in [0.717, 1.165) is 31.5 Å². The molecule has 0 unspecified atom stereocenters. The van der Waals surface area contributed by atoms with Crippen LogP contribution in [0.1, 0.15) is 32.3 Å². The number of nitrogens with zero attached hydrogens (tertiary/aromatic N) is 2. The van der Waals surface area contributed by atoms with E-state index in [1.807, 2.05) is 35.8 Å². The standard InChI is InChI=1S/C18H25ClN2O2/c1-3-20(4-2)18(23)15-9-11-21(12-10-15)17(22)13-14-5-7-16(19)8-6-14/h5-8,15H,3-4,9-13H2,1-2H3. The van der Waals surface area contributed by atoms with E-state index in [9.17, 15) is 9.59 Å². The molecule has 1 heterocycles. The van der Waals surface area contributed by atoms with Gasteiger partial charge in [0.05, 0.1) is 6.42 Å². The third-order valence-electron chi connectivity index (χ3n) is 4.54. The Morgan fingerprint density at radius 1 is 1.13 bits per heavy atom. The summed E-state index contributed by atoms with van der Waals surface area (Å²) in [5.74, 6) is 0.426. The van der Waals surface area contributed by atoms with Crippen molar-refractivity contribution in [3.05, 3.63) is 34.9 Å². The van der Waals surface area contributed by atoms with E-state index in [-0.39, 0.29) is 17.7 Å².